The molecule has 0 bridgehead atoms. The highest BCUT2D eigenvalue weighted by Gasteiger charge is 2.30. The third-order valence-corrected chi connectivity index (χ3v) is 4.14. The SMILES string of the molecule is CCOC(=O)c1nn(CCC(C)C)c2c1CN(C(=O)COC)CC2. The quantitative estimate of drug-likeness (QED) is 0.707. The second-order valence-corrected chi connectivity index (χ2v) is 6.40. The number of ether oxygens (including phenoxy) is 2. The lowest BCUT2D eigenvalue weighted by Gasteiger charge is -2.27. The molecule has 1 aromatic heterocycles. The third kappa shape index (κ3) is 4.14. The summed E-state index contributed by atoms with van der Waals surface area (Å²) in [5.41, 5.74) is 2.19. The molecule has 1 aromatic rings. The second-order valence-electron chi connectivity index (χ2n) is 6.40. The minimum Gasteiger partial charge on any atom is -0.461 e. The Morgan fingerprint density at radius 3 is 2.71 bits per heavy atom. The fourth-order valence-electron chi connectivity index (χ4n) is 2.85. The van der Waals surface area contributed by atoms with E-state index in [-0.39, 0.29) is 12.5 Å². The summed E-state index contributed by atoms with van der Waals surface area (Å²) in [5, 5.41) is 4.49. The van der Waals surface area contributed by atoms with Crippen LogP contribution >= 0.6 is 0 Å². The fraction of sp³-hybridized carbons (Fsp3) is 0.706. The van der Waals surface area contributed by atoms with Crippen molar-refractivity contribution in [1.29, 1.82) is 0 Å². The summed E-state index contributed by atoms with van der Waals surface area (Å²) in [7, 11) is 1.50. The van der Waals surface area contributed by atoms with Gasteiger partial charge in [-0.05, 0) is 19.3 Å². The zero-order valence-corrected chi connectivity index (χ0v) is 15.0. The molecule has 2 rings (SSSR count). The number of aromatic nitrogens is 2. The van der Waals surface area contributed by atoms with Crippen LogP contribution in [0.3, 0.4) is 0 Å². The highest BCUT2D eigenvalue weighted by atomic mass is 16.5. The van der Waals surface area contributed by atoms with Gasteiger partial charge in [-0.3, -0.25) is 9.48 Å². The van der Waals surface area contributed by atoms with Crippen molar-refractivity contribution in [2.24, 2.45) is 5.92 Å². The molecule has 2 heterocycles. The summed E-state index contributed by atoms with van der Waals surface area (Å²) in [6.45, 7) is 8.21. The maximum atomic E-state index is 12.2. The molecule has 0 radical (unpaired) electrons. The van der Waals surface area contributed by atoms with Crippen LogP contribution in [0.4, 0.5) is 0 Å². The number of aryl methyl sites for hydroxylation is 1. The highest BCUT2D eigenvalue weighted by molar-refractivity contribution is 5.89. The van der Waals surface area contributed by atoms with E-state index in [0.29, 0.717) is 37.7 Å². The van der Waals surface area contributed by atoms with Gasteiger partial charge in [-0.2, -0.15) is 5.10 Å². The lowest BCUT2D eigenvalue weighted by atomic mass is 10.0. The van der Waals surface area contributed by atoms with Crippen LogP contribution in [0.15, 0.2) is 0 Å². The summed E-state index contributed by atoms with van der Waals surface area (Å²) < 4.78 is 12.0. The Hall–Kier alpha value is -1.89. The summed E-state index contributed by atoms with van der Waals surface area (Å²) in [5.74, 6) is 0.0604. The summed E-state index contributed by atoms with van der Waals surface area (Å²) >= 11 is 0. The van der Waals surface area contributed by atoms with Gasteiger partial charge in [0, 0.05) is 44.4 Å². The number of amides is 1. The summed E-state index contributed by atoms with van der Waals surface area (Å²) in [4.78, 5) is 26.0. The van der Waals surface area contributed by atoms with Crippen LogP contribution in [0.25, 0.3) is 0 Å². The standard InChI is InChI=1S/C17H27N3O4/c1-5-24-17(22)16-13-10-19(15(21)11-23-4)8-7-14(13)20(18-16)9-6-12(2)3/h12H,5-11H2,1-4H3. The van der Waals surface area contributed by atoms with E-state index in [1.165, 1.54) is 7.11 Å². The molecule has 0 aliphatic carbocycles. The van der Waals surface area contributed by atoms with Crippen molar-refractivity contribution >= 4 is 11.9 Å². The minimum absolute atomic E-state index is 0.0472. The first kappa shape index (κ1) is 18.4. The van der Waals surface area contributed by atoms with Gasteiger partial charge < -0.3 is 14.4 Å². The topological polar surface area (TPSA) is 73.7 Å². The van der Waals surface area contributed by atoms with Crippen LogP contribution < -0.4 is 0 Å². The largest absolute Gasteiger partial charge is 0.461 e. The fourth-order valence-corrected chi connectivity index (χ4v) is 2.85. The van der Waals surface area contributed by atoms with Crippen LogP contribution in [0, 0.1) is 5.92 Å². The van der Waals surface area contributed by atoms with Crippen molar-refractivity contribution in [3.05, 3.63) is 17.0 Å². The second kappa shape index (κ2) is 8.28. The molecule has 0 unspecified atom stereocenters. The number of hydrogen-bond donors (Lipinski definition) is 0. The Labute approximate surface area is 142 Å². The van der Waals surface area contributed by atoms with Gasteiger partial charge in [-0.25, -0.2) is 4.79 Å². The monoisotopic (exact) mass is 337 g/mol. The van der Waals surface area contributed by atoms with E-state index in [4.69, 9.17) is 9.47 Å². The molecule has 1 aliphatic heterocycles. The lowest BCUT2D eigenvalue weighted by molar-refractivity contribution is -0.136. The van der Waals surface area contributed by atoms with E-state index in [1.807, 2.05) is 4.68 Å². The molecule has 0 atom stereocenters. The van der Waals surface area contributed by atoms with Crippen molar-refractivity contribution in [3.8, 4) is 0 Å². The van der Waals surface area contributed by atoms with Gasteiger partial charge in [0.2, 0.25) is 5.91 Å². The van der Waals surface area contributed by atoms with Crippen LogP contribution in [0.2, 0.25) is 0 Å². The number of hydrogen-bond acceptors (Lipinski definition) is 5. The van der Waals surface area contributed by atoms with Gasteiger partial charge >= 0.3 is 5.97 Å². The first-order chi connectivity index (χ1) is 11.5. The van der Waals surface area contributed by atoms with Crippen molar-refractivity contribution in [3.63, 3.8) is 0 Å². The van der Waals surface area contributed by atoms with Crippen molar-refractivity contribution in [2.75, 3.05) is 26.9 Å². The van der Waals surface area contributed by atoms with Crippen LogP contribution in [-0.4, -0.2) is 53.4 Å². The van der Waals surface area contributed by atoms with Crippen LogP contribution in [-0.2, 0) is 33.8 Å². The number of methoxy groups -OCH3 is 1. The molecule has 1 aliphatic rings. The Balaban J connectivity index is 2.28. The average molecular weight is 337 g/mol. The molecule has 134 valence electrons. The first-order valence-corrected chi connectivity index (χ1v) is 8.50. The molecular formula is C17H27N3O4. The maximum Gasteiger partial charge on any atom is 0.359 e. The number of carbonyl (C=O) groups excluding carboxylic acids is 2. The van der Waals surface area contributed by atoms with E-state index in [2.05, 4.69) is 18.9 Å². The minimum atomic E-state index is -0.418. The van der Waals surface area contributed by atoms with E-state index >= 15 is 0 Å². The smallest absolute Gasteiger partial charge is 0.359 e. The molecule has 0 aromatic carbocycles. The van der Waals surface area contributed by atoms with Crippen LogP contribution in [0.5, 0.6) is 0 Å². The van der Waals surface area contributed by atoms with Crippen molar-refractivity contribution < 1.29 is 19.1 Å². The average Bonchev–Trinajstić information content (AvgIpc) is 2.91. The number of carbonyl (C=O) groups is 2. The molecule has 0 N–H and O–H groups in total. The number of esters is 1. The number of nitrogens with zero attached hydrogens (tertiary/aromatic N) is 3. The molecule has 7 nitrogen and oxygen atoms in total. The van der Waals surface area contributed by atoms with Crippen molar-refractivity contribution in [2.45, 2.75) is 46.7 Å². The summed E-state index contributed by atoms with van der Waals surface area (Å²) in [6, 6.07) is 0. The highest BCUT2D eigenvalue weighted by Crippen LogP contribution is 2.24. The van der Waals surface area contributed by atoms with Crippen LogP contribution in [0.1, 0.15) is 48.9 Å². The first-order valence-electron chi connectivity index (χ1n) is 8.50. The maximum absolute atomic E-state index is 12.2. The van der Waals surface area contributed by atoms with E-state index in [0.717, 1.165) is 24.2 Å². The molecule has 24 heavy (non-hydrogen) atoms. The van der Waals surface area contributed by atoms with Crippen molar-refractivity contribution in [1.82, 2.24) is 14.7 Å². The Bertz CT molecular complexity index is 595. The molecule has 0 saturated heterocycles. The van der Waals surface area contributed by atoms with E-state index in [1.54, 1.807) is 11.8 Å². The van der Waals surface area contributed by atoms with Gasteiger partial charge in [0.05, 0.1) is 6.61 Å². The molecule has 0 saturated carbocycles. The van der Waals surface area contributed by atoms with Gasteiger partial charge in [0.25, 0.3) is 0 Å². The van der Waals surface area contributed by atoms with Gasteiger partial charge in [0.15, 0.2) is 5.69 Å². The van der Waals surface area contributed by atoms with E-state index < -0.39 is 5.97 Å². The normalized spacial score (nSPS) is 14.0. The Morgan fingerprint density at radius 2 is 2.08 bits per heavy atom. The molecular weight excluding hydrogens is 310 g/mol. The molecule has 0 fully saturated rings. The number of rotatable bonds is 7. The lowest BCUT2D eigenvalue weighted by Crippen LogP contribution is -2.38. The van der Waals surface area contributed by atoms with Gasteiger partial charge in [0.1, 0.15) is 6.61 Å². The van der Waals surface area contributed by atoms with Gasteiger partial charge in [-0.15, -0.1) is 0 Å². The zero-order chi connectivity index (χ0) is 17.7. The predicted molar refractivity (Wildman–Crippen MR) is 88.6 cm³/mol. The van der Waals surface area contributed by atoms with Gasteiger partial charge in [-0.1, -0.05) is 13.8 Å². The summed E-state index contributed by atoms with van der Waals surface area (Å²) in [6.07, 6.45) is 1.68. The zero-order valence-electron chi connectivity index (χ0n) is 15.0. The molecule has 1 amide bonds. The predicted octanol–water partition coefficient (Wildman–Crippen LogP) is 1.64. The molecule has 0 spiro atoms. The molecule has 7 heteroatoms. The Morgan fingerprint density at radius 1 is 1.33 bits per heavy atom. The van der Waals surface area contributed by atoms with E-state index in [9.17, 15) is 9.59 Å². The number of fused-ring (bicyclic) bond motifs is 1. The third-order valence-electron chi connectivity index (χ3n) is 4.14. The Kier molecular flexibility index (Phi) is 6.36.